The molecule has 114 valence electrons. The van der Waals surface area contributed by atoms with Crippen molar-refractivity contribution in [3.8, 4) is 0 Å². The van der Waals surface area contributed by atoms with Gasteiger partial charge in [0.15, 0.2) is 12.4 Å². The fourth-order valence-electron chi connectivity index (χ4n) is 2.83. The van der Waals surface area contributed by atoms with Crippen LogP contribution in [-0.4, -0.2) is 14.1 Å². The highest BCUT2D eigenvalue weighted by Crippen LogP contribution is 2.32. The van der Waals surface area contributed by atoms with E-state index in [-0.39, 0.29) is 0 Å². The number of aromatic nitrogens is 1. The predicted octanol–water partition coefficient (Wildman–Crippen LogP) is 3.75. The van der Waals surface area contributed by atoms with E-state index in [9.17, 15) is 0 Å². The zero-order chi connectivity index (χ0) is 15.7. The zero-order valence-corrected chi connectivity index (χ0v) is 15.0. The molecule has 1 heterocycles. The van der Waals surface area contributed by atoms with Gasteiger partial charge in [-0.2, -0.15) is 0 Å². The second-order valence-electron chi connectivity index (χ2n) is 8.69. The van der Waals surface area contributed by atoms with Crippen molar-refractivity contribution >= 4 is 5.69 Å². The molecule has 0 aliphatic heterocycles. The van der Waals surface area contributed by atoms with E-state index in [0.717, 1.165) is 12.8 Å². The van der Waals surface area contributed by atoms with Crippen molar-refractivity contribution in [1.82, 2.24) is 0 Å². The first kappa shape index (κ1) is 17.0. The summed E-state index contributed by atoms with van der Waals surface area (Å²) in [5.74, 6) is 0. The summed E-state index contributed by atoms with van der Waals surface area (Å²) in [6.07, 6.45) is 6.78. The lowest BCUT2D eigenvalue weighted by molar-refractivity contribution is -0.672. The van der Waals surface area contributed by atoms with Gasteiger partial charge >= 0.3 is 0 Å². The summed E-state index contributed by atoms with van der Waals surface area (Å²) >= 11 is 0. The van der Waals surface area contributed by atoms with Gasteiger partial charge in [0.25, 0.3) is 0 Å². The normalized spacial score (nSPS) is 12.7. The molecule has 0 saturated heterocycles. The zero-order valence-electron chi connectivity index (χ0n) is 15.0. The minimum absolute atomic E-state index is 0.304. The van der Waals surface area contributed by atoms with Crippen LogP contribution in [0.2, 0.25) is 0 Å². The Morgan fingerprint density at radius 2 is 1.20 bits per heavy atom. The highest BCUT2D eigenvalue weighted by Gasteiger charge is 2.24. The summed E-state index contributed by atoms with van der Waals surface area (Å²) in [5.41, 5.74) is 4.92. The number of rotatable bonds is 3. The Morgan fingerprint density at radius 3 is 1.45 bits per heavy atom. The highest BCUT2D eigenvalue weighted by atomic mass is 15.1. The van der Waals surface area contributed by atoms with E-state index in [0.29, 0.717) is 10.8 Å². The Bertz CT molecular complexity index is 422. The molecule has 2 heteroatoms. The first-order chi connectivity index (χ1) is 8.89. The third-order valence-electron chi connectivity index (χ3n) is 3.22. The Hall–Kier alpha value is -1.05. The summed E-state index contributed by atoms with van der Waals surface area (Å²) in [6, 6.07) is 0. The molecule has 1 aromatic rings. The van der Waals surface area contributed by atoms with Crippen LogP contribution < -0.4 is 9.47 Å². The summed E-state index contributed by atoms with van der Waals surface area (Å²) in [6.45, 7) is 13.9. The summed E-state index contributed by atoms with van der Waals surface area (Å²) in [5, 5.41) is 0. The van der Waals surface area contributed by atoms with E-state index >= 15 is 0 Å². The van der Waals surface area contributed by atoms with Gasteiger partial charge in [0.2, 0.25) is 0 Å². The average Bonchev–Trinajstić information content (AvgIpc) is 2.08. The molecular formula is C18H33N2+. The monoisotopic (exact) mass is 277 g/mol. The van der Waals surface area contributed by atoms with Gasteiger partial charge in [0.1, 0.15) is 7.05 Å². The van der Waals surface area contributed by atoms with Crippen LogP contribution in [0.4, 0.5) is 5.69 Å². The molecule has 0 aromatic carbocycles. The highest BCUT2D eigenvalue weighted by molar-refractivity contribution is 5.57. The molecule has 0 unspecified atom stereocenters. The molecular weight excluding hydrogens is 244 g/mol. The maximum Gasteiger partial charge on any atom is 0.173 e. The molecule has 0 fully saturated rings. The molecule has 1 rings (SSSR count). The number of aryl methyl sites for hydroxylation is 1. The number of pyridine rings is 1. The van der Waals surface area contributed by atoms with Gasteiger partial charge in [-0.1, -0.05) is 41.5 Å². The number of hydrogen-bond acceptors (Lipinski definition) is 1. The summed E-state index contributed by atoms with van der Waals surface area (Å²) in [7, 11) is 6.46. The van der Waals surface area contributed by atoms with Crippen molar-refractivity contribution in [2.24, 2.45) is 17.9 Å². The lowest BCUT2D eigenvalue weighted by Gasteiger charge is -2.27. The third kappa shape index (κ3) is 5.15. The molecule has 0 aliphatic carbocycles. The number of anilines is 1. The van der Waals surface area contributed by atoms with Crippen molar-refractivity contribution in [2.45, 2.75) is 54.4 Å². The minimum Gasteiger partial charge on any atom is -0.377 e. The largest absolute Gasteiger partial charge is 0.377 e. The molecule has 20 heavy (non-hydrogen) atoms. The molecule has 0 aliphatic rings. The van der Waals surface area contributed by atoms with Crippen LogP contribution in [0.25, 0.3) is 0 Å². The predicted molar refractivity (Wildman–Crippen MR) is 88.3 cm³/mol. The first-order valence-corrected chi connectivity index (χ1v) is 7.57. The van der Waals surface area contributed by atoms with Gasteiger partial charge in [-0.25, -0.2) is 4.57 Å². The fraction of sp³-hybridized carbons (Fsp3) is 0.722. The SMILES string of the molecule is CN(C)c1c(CC(C)(C)C)c[n+](C)cc1CC(C)(C)C. The second-order valence-corrected chi connectivity index (χ2v) is 8.69. The number of hydrogen-bond donors (Lipinski definition) is 0. The van der Waals surface area contributed by atoms with E-state index in [4.69, 9.17) is 0 Å². The van der Waals surface area contributed by atoms with Gasteiger partial charge < -0.3 is 4.90 Å². The van der Waals surface area contributed by atoms with E-state index in [1.807, 2.05) is 0 Å². The molecule has 2 nitrogen and oxygen atoms in total. The average molecular weight is 277 g/mol. The van der Waals surface area contributed by atoms with Crippen LogP contribution in [0.5, 0.6) is 0 Å². The van der Waals surface area contributed by atoms with Gasteiger partial charge in [0, 0.05) is 25.2 Å². The van der Waals surface area contributed by atoms with Crippen LogP contribution in [0.15, 0.2) is 12.4 Å². The molecule has 1 aromatic heterocycles. The summed E-state index contributed by atoms with van der Waals surface area (Å²) in [4.78, 5) is 2.28. The quantitative estimate of drug-likeness (QED) is 0.763. The molecule has 0 spiro atoms. The van der Waals surface area contributed by atoms with Crippen molar-refractivity contribution in [2.75, 3.05) is 19.0 Å². The first-order valence-electron chi connectivity index (χ1n) is 7.57. The topological polar surface area (TPSA) is 7.12 Å². The molecule has 0 saturated carbocycles. The van der Waals surface area contributed by atoms with Crippen molar-refractivity contribution < 1.29 is 4.57 Å². The van der Waals surface area contributed by atoms with Gasteiger partial charge in [-0.15, -0.1) is 0 Å². The van der Waals surface area contributed by atoms with Crippen LogP contribution in [0.3, 0.4) is 0 Å². The molecule has 0 amide bonds. The van der Waals surface area contributed by atoms with Crippen LogP contribution in [0, 0.1) is 10.8 Å². The summed E-state index contributed by atoms with van der Waals surface area (Å²) < 4.78 is 2.22. The van der Waals surface area contributed by atoms with Crippen LogP contribution >= 0.6 is 0 Å². The number of nitrogens with zero attached hydrogens (tertiary/aromatic N) is 2. The standard InChI is InChI=1S/C18H33N2/c1-17(2,3)10-14-12-20(9)13-15(11-18(4,5)6)16(14)19(7)8/h12-13H,10-11H2,1-9H3/q+1. The molecule has 0 bridgehead atoms. The van der Waals surface area contributed by atoms with Crippen molar-refractivity contribution in [3.05, 3.63) is 23.5 Å². The van der Waals surface area contributed by atoms with E-state index in [1.165, 1.54) is 16.8 Å². The Balaban J connectivity index is 3.36. The maximum absolute atomic E-state index is 2.31. The maximum atomic E-state index is 2.31. The third-order valence-corrected chi connectivity index (χ3v) is 3.22. The lowest BCUT2D eigenvalue weighted by atomic mass is 9.84. The van der Waals surface area contributed by atoms with E-state index in [2.05, 4.69) is 84.5 Å². The second kappa shape index (κ2) is 5.75. The van der Waals surface area contributed by atoms with Crippen molar-refractivity contribution in [3.63, 3.8) is 0 Å². The smallest absolute Gasteiger partial charge is 0.173 e. The Morgan fingerprint density at radius 1 is 0.850 bits per heavy atom. The van der Waals surface area contributed by atoms with Crippen LogP contribution in [-0.2, 0) is 19.9 Å². The van der Waals surface area contributed by atoms with Crippen LogP contribution in [0.1, 0.15) is 52.7 Å². The van der Waals surface area contributed by atoms with Gasteiger partial charge in [-0.3, -0.25) is 0 Å². The fourth-order valence-corrected chi connectivity index (χ4v) is 2.83. The Labute approximate surface area is 125 Å². The van der Waals surface area contributed by atoms with E-state index in [1.54, 1.807) is 0 Å². The van der Waals surface area contributed by atoms with Gasteiger partial charge in [-0.05, 0) is 23.7 Å². The Kier molecular flexibility index (Phi) is 4.89. The lowest BCUT2D eigenvalue weighted by Crippen LogP contribution is -2.32. The molecule has 0 N–H and O–H groups in total. The van der Waals surface area contributed by atoms with E-state index < -0.39 is 0 Å². The van der Waals surface area contributed by atoms with Gasteiger partial charge in [0.05, 0.1) is 5.69 Å². The molecule has 0 atom stereocenters. The van der Waals surface area contributed by atoms with Crippen molar-refractivity contribution in [1.29, 1.82) is 0 Å². The minimum atomic E-state index is 0.304. The molecule has 0 radical (unpaired) electrons.